The van der Waals surface area contributed by atoms with Crippen molar-refractivity contribution >= 4 is 17.3 Å². The molecular weight excluding hydrogens is 230 g/mol. The zero-order valence-corrected chi connectivity index (χ0v) is 12.4. The molecule has 0 heterocycles. The molecular formula is C13H27N3S. The van der Waals surface area contributed by atoms with Gasteiger partial charge in [0, 0.05) is 25.7 Å². The maximum atomic E-state index is 5.53. The lowest BCUT2D eigenvalue weighted by Crippen LogP contribution is -2.46. The first-order valence-corrected chi connectivity index (χ1v) is 7.24. The van der Waals surface area contributed by atoms with E-state index in [9.17, 15) is 0 Å². The van der Waals surface area contributed by atoms with E-state index >= 15 is 0 Å². The molecule has 0 radical (unpaired) electrons. The van der Waals surface area contributed by atoms with Gasteiger partial charge >= 0.3 is 0 Å². The minimum Gasteiger partial charge on any atom is -0.360 e. The van der Waals surface area contributed by atoms with Crippen molar-refractivity contribution in [3.63, 3.8) is 0 Å². The molecule has 100 valence electrons. The van der Waals surface area contributed by atoms with Crippen LogP contribution in [0.1, 0.15) is 39.0 Å². The summed E-state index contributed by atoms with van der Waals surface area (Å²) in [5.41, 5.74) is 0. The summed E-state index contributed by atoms with van der Waals surface area (Å²) >= 11 is 5.53. The van der Waals surface area contributed by atoms with Gasteiger partial charge in [0.1, 0.15) is 0 Å². The van der Waals surface area contributed by atoms with E-state index in [-0.39, 0.29) is 0 Å². The summed E-state index contributed by atoms with van der Waals surface area (Å²) in [4.78, 5) is 4.52. The molecule has 0 spiro atoms. The minimum absolute atomic E-state index is 0.626. The SMILES string of the molecule is CCCN(CCN(C)C)C(=S)NC1CCCC1. The minimum atomic E-state index is 0.626. The van der Waals surface area contributed by atoms with E-state index in [4.69, 9.17) is 12.2 Å². The third-order valence-electron chi connectivity index (χ3n) is 3.28. The van der Waals surface area contributed by atoms with Crippen molar-refractivity contribution in [2.45, 2.75) is 45.1 Å². The molecule has 0 saturated heterocycles. The van der Waals surface area contributed by atoms with Crippen molar-refractivity contribution in [3.8, 4) is 0 Å². The maximum absolute atomic E-state index is 5.53. The molecule has 4 heteroatoms. The number of likely N-dealkylation sites (N-methyl/N-ethyl adjacent to an activating group) is 1. The van der Waals surface area contributed by atoms with Gasteiger partial charge in [0.05, 0.1) is 0 Å². The summed E-state index contributed by atoms with van der Waals surface area (Å²) < 4.78 is 0. The lowest BCUT2D eigenvalue weighted by molar-refractivity contribution is 0.324. The van der Waals surface area contributed by atoms with Gasteiger partial charge < -0.3 is 15.1 Å². The van der Waals surface area contributed by atoms with Crippen molar-refractivity contribution in [2.75, 3.05) is 33.7 Å². The number of thiocarbonyl (C=S) groups is 1. The second-order valence-electron chi connectivity index (χ2n) is 5.22. The van der Waals surface area contributed by atoms with Crippen LogP contribution in [0.4, 0.5) is 0 Å². The smallest absolute Gasteiger partial charge is 0.169 e. The Kier molecular flexibility index (Phi) is 6.82. The van der Waals surface area contributed by atoms with Crippen LogP contribution in [0.15, 0.2) is 0 Å². The van der Waals surface area contributed by atoms with Gasteiger partial charge in [-0.25, -0.2) is 0 Å². The highest BCUT2D eigenvalue weighted by atomic mass is 32.1. The van der Waals surface area contributed by atoms with Gasteiger partial charge in [-0.1, -0.05) is 19.8 Å². The molecule has 17 heavy (non-hydrogen) atoms. The molecule has 0 aliphatic heterocycles. The predicted molar refractivity (Wildman–Crippen MR) is 78.4 cm³/mol. The van der Waals surface area contributed by atoms with E-state index in [0.717, 1.165) is 31.2 Å². The van der Waals surface area contributed by atoms with Crippen molar-refractivity contribution in [3.05, 3.63) is 0 Å². The van der Waals surface area contributed by atoms with Gasteiger partial charge in [0.15, 0.2) is 5.11 Å². The average molecular weight is 257 g/mol. The van der Waals surface area contributed by atoms with E-state index in [0.29, 0.717) is 6.04 Å². The summed E-state index contributed by atoms with van der Waals surface area (Å²) in [5, 5.41) is 4.49. The fourth-order valence-electron chi connectivity index (χ4n) is 2.24. The Morgan fingerprint density at radius 1 is 1.18 bits per heavy atom. The van der Waals surface area contributed by atoms with Gasteiger partial charge in [0.2, 0.25) is 0 Å². The number of rotatable bonds is 6. The van der Waals surface area contributed by atoms with Crippen LogP contribution in [-0.4, -0.2) is 54.7 Å². The number of hydrogen-bond acceptors (Lipinski definition) is 2. The molecule has 1 aliphatic rings. The summed E-state index contributed by atoms with van der Waals surface area (Å²) in [6.45, 7) is 5.36. The van der Waals surface area contributed by atoms with Crippen molar-refractivity contribution in [1.82, 2.24) is 15.1 Å². The molecule has 1 saturated carbocycles. The second-order valence-corrected chi connectivity index (χ2v) is 5.61. The molecule has 0 unspecified atom stereocenters. The topological polar surface area (TPSA) is 18.5 Å². The fraction of sp³-hybridized carbons (Fsp3) is 0.923. The van der Waals surface area contributed by atoms with Gasteiger partial charge in [-0.2, -0.15) is 0 Å². The van der Waals surface area contributed by atoms with E-state index in [1.165, 1.54) is 25.7 Å². The predicted octanol–water partition coefficient (Wildman–Crippen LogP) is 2.08. The van der Waals surface area contributed by atoms with Crippen LogP contribution in [0, 0.1) is 0 Å². The van der Waals surface area contributed by atoms with Crippen LogP contribution < -0.4 is 5.32 Å². The molecule has 1 rings (SSSR count). The molecule has 1 N–H and O–H groups in total. The Balaban J connectivity index is 2.35. The molecule has 0 aromatic carbocycles. The summed E-state index contributed by atoms with van der Waals surface area (Å²) in [5.74, 6) is 0. The highest BCUT2D eigenvalue weighted by Crippen LogP contribution is 2.17. The van der Waals surface area contributed by atoms with E-state index in [1.807, 2.05) is 0 Å². The van der Waals surface area contributed by atoms with Crippen molar-refractivity contribution in [2.24, 2.45) is 0 Å². The zero-order chi connectivity index (χ0) is 12.7. The van der Waals surface area contributed by atoms with Crippen molar-refractivity contribution in [1.29, 1.82) is 0 Å². The van der Waals surface area contributed by atoms with Gasteiger partial charge in [0.25, 0.3) is 0 Å². The van der Waals surface area contributed by atoms with Crippen molar-refractivity contribution < 1.29 is 0 Å². The number of nitrogens with one attached hydrogen (secondary N) is 1. The Bertz CT molecular complexity index is 225. The third kappa shape index (κ3) is 5.68. The molecule has 0 bridgehead atoms. The quantitative estimate of drug-likeness (QED) is 0.734. The monoisotopic (exact) mass is 257 g/mol. The number of nitrogens with zero attached hydrogens (tertiary/aromatic N) is 2. The Morgan fingerprint density at radius 3 is 2.35 bits per heavy atom. The van der Waals surface area contributed by atoms with Crippen LogP contribution in [0.2, 0.25) is 0 Å². The van der Waals surface area contributed by atoms with Gasteiger partial charge in [-0.15, -0.1) is 0 Å². The number of hydrogen-bond donors (Lipinski definition) is 1. The largest absolute Gasteiger partial charge is 0.360 e. The molecule has 0 amide bonds. The lowest BCUT2D eigenvalue weighted by Gasteiger charge is -2.28. The molecule has 1 fully saturated rings. The molecule has 0 aromatic heterocycles. The van der Waals surface area contributed by atoms with Crippen LogP contribution >= 0.6 is 12.2 Å². The third-order valence-corrected chi connectivity index (χ3v) is 3.66. The van der Waals surface area contributed by atoms with Crippen LogP contribution in [0.25, 0.3) is 0 Å². The first-order chi connectivity index (χ1) is 8.13. The zero-order valence-electron chi connectivity index (χ0n) is 11.5. The van der Waals surface area contributed by atoms with Crippen LogP contribution in [0.3, 0.4) is 0 Å². The second kappa shape index (κ2) is 7.88. The Labute approximate surface area is 112 Å². The van der Waals surface area contributed by atoms with Crippen LogP contribution in [-0.2, 0) is 0 Å². The highest BCUT2D eigenvalue weighted by molar-refractivity contribution is 7.80. The van der Waals surface area contributed by atoms with Gasteiger partial charge in [-0.3, -0.25) is 0 Å². The molecule has 0 atom stereocenters. The highest BCUT2D eigenvalue weighted by Gasteiger charge is 2.18. The van der Waals surface area contributed by atoms with E-state index in [2.05, 4.69) is 36.1 Å². The maximum Gasteiger partial charge on any atom is 0.169 e. The summed E-state index contributed by atoms with van der Waals surface area (Å²) in [6.07, 6.45) is 6.43. The normalized spacial score (nSPS) is 16.5. The van der Waals surface area contributed by atoms with Gasteiger partial charge in [-0.05, 0) is 45.6 Å². The first kappa shape index (κ1) is 14.7. The standard InChI is InChI=1S/C13H27N3S/c1-4-9-16(11-10-15(2)3)13(17)14-12-7-5-6-8-12/h12H,4-11H2,1-3H3,(H,14,17). The molecule has 1 aliphatic carbocycles. The average Bonchev–Trinajstić information content (AvgIpc) is 2.76. The van der Waals surface area contributed by atoms with Crippen LogP contribution in [0.5, 0.6) is 0 Å². The summed E-state index contributed by atoms with van der Waals surface area (Å²) in [7, 11) is 4.22. The Morgan fingerprint density at radius 2 is 1.82 bits per heavy atom. The Hall–Kier alpha value is -0.350. The lowest BCUT2D eigenvalue weighted by atomic mass is 10.2. The fourth-order valence-corrected chi connectivity index (χ4v) is 2.59. The first-order valence-electron chi connectivity index (χ1n) is 6.83. The van der Waals surface area contributed by atoms with E-state index in [1.54, 1.807) is 0 Å². The van der Waals surface area contributed by atoms with E-state index < -0.39 is 0 Å². The molecule has 0 aromatic rings. The molecule has 3 nitrogen and oxygen atoms in total. The summed E-state index contributed by atoms with van der Waals surface area (Å²) in [6, 6.07) is 0.626.